The Morgan fingerprint density at radius 1 is 1.19 bits per heavy atom. The number of terminal acetylenes is 1. The summed E-state index contributed by atoms with van der Waals surface area (Å²) in [5.41, 5.74) is 2.43. The highest BCUT2D eigenvalue weighted by molar-refractivity contribution is 6.06. The van der Waals surface area contributed by atoms with Crippen LogP contribution in [0.1, 0.15) is 28.4 Å². The lowest BCUT2D eigenvalue weighted by Gasteiger charge is -2.21. The molecule has 0 atom stereocenters. The molecule has 0 N–H and O–H groups in total. The van der Waals surface area contributed by atoms with Crippen molar-refractivity contribution in [2.24, 2.45) is 0 Å². The first kappa shape index (κ1) is 14.4. The lowest BCUT2D eigenvalue weighted by molar-refractivity contribution is 0.0988. The zero-order valence-corrected chi connectivity index (χ0v) is 11.7. The van der Waals surface area contributed by atoms with Gasteiger partial charge in [0.15, 0.2) is 0 Å². The summed E-state index contributed by atoms with van der Waals surface area (Å²) in [4.78, 5) is 14.2. The molecule has 1 amide bonds. The summed E-state index contributed by atoms with van der Waals surface area (Å²) >= 11 is 0. The van der Waals surface area contributed by atoms with E-state index in [0.717, 1.165) is 11.3 Å². The summed E-state index contributed by atoms with van der Waals surface area (Å²) in [7, 11) is 0. The molecule has 0 aliphatic heterocycles. The third-order valence-electron chi connectivity index (χ3n) is 3.12. The molecule has 102 valence electrons. The molecule has 2 aromatic carbocycles. The molecule has 3 nitrogen and oxygen atoms in total. The maximum Gasteiger partial charge on any atom is 0.258 e. The lowest BCUT2D eigenvalue weighted by atomic mass is 10.1. The summed E-state index contributed by atoms with van der Waals surface area (Å²) in [5.74, 6) is 2.41. The van der Waals surface area contributed by atoms with Crippen LogP contribution in [0.3, 0.4) is 0 Å². The van der Waals surface area contributed by atoms with Crippen molar-refractivity contribution >= 4 is 11.6 Å². The molecular weight excluding hydrogens is 260 g/mol. The van der Waals surface area contributed by atoms with Crippen LogP contribution in [-0.2, 0) is 0 Å². The van der Waals surface area contributed by atoms with Gasteiger partial charge in [0.25, 0.3) is 5.91 Å². The maximum absolute atomic E-state index is 12.6. The number of amides is 1. The second-order valence-corrected chi connectivity index (χ2v) is 4.44. The monoisotopic (exact) mass is 274 g/mol. The molecule has 0 aliphatic carbocycles. The number of nitriles is 1. The van der Waals surface area contributed by atoms with Crippen molar-refractivity contribution in [3.63, 3.8) is 0 Å². The topological polar surface area (TPSA) is 44.1 Å². The van der Waals surface area contributed by atoms with E-state index >= 15 is 0 Å². The van der Waals surface area contributed by atoms with Gasteiger partial charge in [-0.2, -0.15) is 5.26 Å². The zero-order chi connectivity index (χ0) is 15.2. The first-order valence-electron chi connectivity index (χ1n) is 6.58. The number of nitrogens with zero attached hydrogens (tertiary/aromatic N) is 2. The van der Waals surface area contributed by atoms with Gasteiger partial charge in [0, 0.05) is 23.4 Å². The van der Waals surface area contributed by atoms with Gasteiger partial charge < -0.3 is 4.90 Å². The number of rotatable bonds is 3. The molecule has 0 saturated carbocycles. The predicted octanol–water partition coefficient (Wildman–Crippen LogP) is 3.21. The summed E-state index contributed by atoms with van der Waals surface area (Å²) in [6.45, 7) is 2.41. The molecule has 0 saturated heterocycles. The highest BCUT2D eigenvalue weighted by Crippen LogP contribution is 2.19. The fraction of sp³-hybridized carbons (Fsp3) is 0.111. The first-order valence-corrected chi connectivity index (χ1v) is 6.58. The van der Waals surface area contributed by atoms with Gasteiger partial charge in [-0.05, 0) is 43.3 Å². The Kier molecular flexibility index (Phi) is 4.39. The average molecular weight is 274 g/mol. The van der Waals surface area contributed by atoms with Gasteiger partial charge in [0.2, 0.25) is 0 Å². The highest BCUT2D eigenvalue weighted by atomic mass is 16.2. The van der Waals surface area contributed by atoms with E-state index in [1.54, 1.807) is 35.2 Å². The van der Waals surface area contributed by atoms with E-state index in [9.17, 15) is 4.79 Å². The molecule has 21 heavy (non-hydrogen) atoms. The van der Waals surface area contributed by atoms with Crippen molar-refractivity contribution < 1.29 is 4.79 Å². The zero-order valence-electron chi connectivity index (χ0n) is 11.7. The minimum absolute atomic E-state index is 0.149. The van der Waals surface area contributed by atoms with Gasteiger partial charge in [0.05, 0.1) is 11.6 Å². The van der Waals surface area contributed by atoms with Crippen molar-refractivity contribution in [3.05, 3.63) is 65.2 Å². The summed E-state index contributed by atoms with van der Waals surface area (Å²) in [6.07, 6.45) is 5.40. The molecule has 2 aromatic rings. The normalized spacial score (nSPS) is 9.48. The van der Waals surface area contributed by atoms with Crippen molar-refractivity contribution in [1.82, 2.24) is 0 Å². The second kappa shape index (κ2) is 6.41. The van der Waals surface area contributed by atoms with Gasteiger partial charge in [-0.25, -0.2) is 0 Å². The Bertz CT molecular complexity index is 750. The standard InChI is InChI=1S/C18H14N2O/c1-3-14-7-6-10-17(12-14)20(4-2)18(21)16-9-5-8-15(11-16)13-19/h1,5-12H,4H2,2H3. The summed E-state index contributed by atoms with van der Waals surface area (Å²) in [5, 5.41) is 8.93. The Labute approximate surface area is 124 Å². The molecule has 0 aromatic heterocycles. The number of hydrogen-bond donors (Lipinski definition) is 0. The molecule has 0 heterocycles. The van der Waals surface area contributed by atoms with Crippen LogP contribution in [0.15, 0.2) is 48.5 Å². The average Bonchev–Trinajstić information content (AvgIpc) is 2.55. The van der Waals surface area contributed by atoms with E-state index in [1.165, 1.54) is 0 Å². The van der Waals surface area contributed by atoms with E-state index < -0.39 is 0 Å². The molecular formula is C18H14N2O. The van der Waals surface area contributed by atoms with E-state index in [-0.39, 0.29) is 5.91 Å². The number of benzene rings is 2. The lowest BCUT2D eigenvalue weighted by Crippen LogP contribution is -2.30. The van der Waals surface area contributed by atoms with Crippen LogP contribution in [0, 0.1) is 23.7 Å². The van der Waals surface area contributed by atoms with E-state index in [2.05, 4.69) is 5.92 Å². The molecule has 2 rings (SSSR count). The minimum Gasteiger partial charge on any atom is -0.309 e. The van der Waals surface area contributed by atoms with Crippen LogP contribution >= 0.6 is 0 Å². The molecule has 0 fully saturated rings. The number of carbonyl (C=O) groups is 1. The summed E-state index contributed by atoms with van der Waals surface area (Å²) in [6, 6.07) is 16.0. The Hall–Kier alpha value is -3.04. The Morgan fingerprint density at radius 3 is 2.57 bits per heavy atom. The van der Waals surface area contributed by atoms with Crippen LogP contribution in [0.25, 0.3) is 0 Å². The van der Waals surface area contributed by atoms with Gasteiger partial charge >= 0.3 is 0 Å². The van der Waals surface area contributed by atoms with Crippen LogP contribution < -0.4 is 4.90 Å². The van der Waals surface area contributed by atoms with Gasteiger partial charge in [0.1, 0.15) is 0 Å². The smallest absolute Gasteiger partial charge is 0.258 e. The van der Waals surface area contributed by atoms with Gasteiger partial charge in [-0.1, -0.05) is 18.1 Å². The number of hydrogen-bond acceptors (Lipinski definition) is 2. The largest absolute Gasteiger partial charge is 0.309 e. The third-order valence-corrected chi connectivity index (χ3v) is 3.12. The van der Waals surface area contributed by atoms with Gasteiger partial charge in [-0.3, -0.25) is 4.79 Å². The first-order chi connectivity index (χ1) is 10.2. The van der Waals surface area contributed by atoms with Crippen LogP contribution in [-0.4, -0.2) is 12.5 Å². The molecule has 0 radical (unpaired) electrons. The second-order valence-electron chi connectivity index (χ2n) is 4.44. The third kappa shape index (κ3) is 3.11. The highest BCUT2D eigenvalue weighted by Gasteiger charge is 2.16. The van der Waals surface area contributed by atoms with Crippen LogP contribution in [0.2, 0.25) is 0 Å². The van der Waals surface area contributed by atoms with Crippen molar-refractivity contribution in [1.29, 1.82) is 5.26 Å². The molecule has 0 bridgehead atoms. The van der Waals surface area contributed by atoms with Crippen molar-refractivity contribution in [2.45, 2.75) is 6.92 Å². The minimum atomic E-state index is -0.149. The Balaban J connectivity index is 2.38. The van der Waals surface area contributed by atoms with Crippen LogP contribution in [0.5, 0.6) is 0 Å². The molecule has 0 aliphatic rings. The number of carbonyl (C=O) groups excluding carboxylic acids is 1. The van der Waals surface area contributed by atoms with Crippen LogP contribution in [0.4, 0.5) is 5.69 Å². The van der Waals surface area contributed by atoms with Crippen molar-refractivity contribution in [2.75, 3.05) is 11.4 Å². The summed E-state index contributed by atoms with van der Waals surface area (Å²) < 4.78 is 0. The van der Waals surface area contributed by atoms with E-state index in [4.69, 9.17) is 11.7 Å². The SMILES string of the molecule is C#Cc1cccc(N(CC)C(=O)c2cccc(C#N)c2)c1. The molecule has 3 heteroatoms. The van der Waals surface area contributed by atoms with Crippen molar-refractivity contribution in [3.8, 4) is 18.4 Å². The quantitative estimate of drug-likeness (QED) is 0.807. The van der Waals surface area contributed by atoms with E-state index in [0.29, 0.717) is 17.7 Å². The maximum atomic E-state index is 12.6. The molecule has 0 unspecified atom stereocenters. The predicted molar refractivity (Wildman–Crippen MR) is 82.9 cm³/mol. The fourth-order valence-corrected chi connectivity index (χ4v) is 2.08. The van der Waals surface area contributed by atoms with Gasteiger partial charge in [-0.15, -0.1) is 6.42 Å². The number of anilines is 1. The van der Waals surface area contributed by atoms with E-state index in [1.807, 2.05) is 31.2 Å². The Morgan fingerprint density at radius 2 is 1.90 bits per heavy atom. The fourth-order valence-electron chi connectivity index (χ4n) is 2.08. The molecule has 0 spiro atoms.